The minimum atomic E-state index is 0.382. The molecule has 16 heavy (non-hydrogen) atoms. The molecule has 0 saturated carbocycles. The first kappa shape index (κ1) is 13.9. The van der Waals surface area contributed by atoms with Gasteiger partial charge in [0.2, 0.25) is 0 Å². The molecule has 0 fully saturated rings. The molecule has 90 valence electrons. The average molecular weight is 258 g/mol. The summed E-state index contributed by atoms with van der Waals surface area (Å²) in [4.78, 5) is 0. The Morgan fingerprint density at radius 3 is 2.88 bits per heavy atom. The molecule has 1 rings (SSSR count). The van der Waals surface area contributed by atoms with Crippen LogP contribution in [-0.2, 0) is 0 Å². The molecule has 0 aromatic heterocycles. The van der Waals surface area contributed by atoms with E-state index in [1.54, 1.807) is 0 Å². The van der Waals surface area contributed by atoms with Gasteiger partial charge in [0, 0.05) is 11.1 Å². The largest absolute Gasteiger partial charge is 0.310 e. The monoisotopic (exact) mass is 257 g/mol. The molecule has 1 aromatic carbocycles. The van der Waals surface area contributed by atoms with Crippen LogP contribution in [0.15, 0.2) is 24.3 Å². The van der Waals surface area contributed by atoms with Crippen LogP contribution in [0.5, 0.6) is 0 Å². The summed E-state index contributed by atoms with van der Waals surface area (Å²) in [6, 6.07) is 8.44. The third-order valence-electron chi connectivity index (χ3n) is 2.57. The van der Waals surface area contributed by atoms with Crippen molar-refractivity contribution in [1.29, 1.82) is 0 Å². The highest BCUT2D eigenvalue weighted by molar-refractivity contribution is 7.98. The molecule has 0 aliphatic carbocycles. The fourth-order valence-corrected chi connectivity index (χ4v) is 2.28. The molecule has 0 unspecified atom stereocenters. The maximum absolute atomic E-state index is 5.96. The van der Waals surface area contributed by atoms with Gasteiger partial charge in [0.15, 0.2) is 0 Å². The van der Waals surface area contributed by atoms with Crippen molar-refractivity contribution in [3.05, 3.63) is 34.9 Å². The highest BCUT2D eigenvalue weighted by Gasteiger charge is 2.03. The Bertz CT molecular complexity index is 304. The smallest absolute Gasteiger partial charge is 0.0409 e. The predicted octanol–water partition coefficient (Wildman–Crippen LogP) is 4.13. The van der Waals surface area contributed by atoms with Crippen molar-refractivity contribution >= 4 is 23.4 Å². The van der Waals surface area contributed by atoms with Crippen LogP contribution in [0.3, 0.4) is 0 Å². The predicted molar refractivity (Wildman–Crippen MR) is 75.5 cm³/mol. The fraction of sp³-hybridized carbons (Fsp3) is 0.538. The van der Waals surface area contributed by atoms with Crippen LogP contribution >= 0.6 is 23.4 Å². The molecule has 0 bridgehead atoms. The van der Waals surface area contributed by atoms with Gasteiger partial charge in [-0.2, -0.15) is 11.8 Å². The molecule has 1 aromatic rings. The number of nitrogens with one attached hydrogen (secondary N) is 1. The lowest BCUT2D eigenvalue weighted by Crippen LogP contribution is -2.19. The lowest BCUT2D eigenvalue weighted by molar-refractivity contribution is 0.556. The molecular formula is C13H20ClNS. The maximum Gasteiger partial charge on any atom is 0.0409 e. The topological polar surface area (TPSA) is 12.0 Å². The molecule has 0 radical (unpaired) electrons. The standard InChI is InChI=1S/C13H20ClNS/c1-11(15-8-3-4-9-16-2)12-6-5-7-13(14)10-12/h5-7,10-11,15H,3-4,8-9H2,1-2H3/t11-/m0/s1. The Morgan fingerprint density at radius 2 is 2.19 bits per heavy atom. The van der Waals surface area contributed by atoms with Gasteiger partial charge >= 0.3 is 0 Å². The summed E-state index contributed by atoms with van der Waals surface area (Å²) in [5, 5.41) is 4.33. The summed E-state index contributed by atoms with van der Waals surface area (Å²) in [5.41, 5.74) is 1.26. The van der Waals surface area contributed by atoms with Gasteiger partial charge < -0.3 is 5.32 Å². The van der Waals surface area contributed by atoms with Gasteiger partial charge in [-0.25, -0.2) is 0 Å². The first-order chi connectivity index (χ1) is 7.74. The van der Waals surface area contributed by atoms with E-state index in [-0.39, 0.29) is 0 Å². The van der Waals surface area contributed by atoms with Crippen molar-refractivity contribution in [2.45, 2.75) is 25.8 Å². The van der Waals surface area contributed by atoms with Crippen LogP contribution in [0.25, 0.3) is 0 Å². The van der Waals surface area contributed by atoms with E-state index < -0.39 is 0 Å². The molecule has 1 N–H and O–H groups in total. The number of thioether (sulfide) groups is 1. The first-order valence-electron chi connectivity index (χ1n) is 5.72. The van der Waals surface area contributed by atoms with Gasteiger partial charge in [-0.05, 0) is 56.0 Å². The Balaban J connectivity index is 2.27. The van der Waals surface area contributed by atoms with Gasteiger partial charge in [-0.15, -0.1) is 0 Å². The van der Waals surface area contributed by atoms with Gasteiger partial charge in [0.05, 0.1) is 0 Å². The number of benzene rings is 1. The molecule has 3 heteroatoms. The van der Waals surface area contributed by atoms with Gasteiger partial charge in [-0.3, -0.25) is 0 Å². The highest BCUT2D eigenvalue weighted by Crippen LogP contribution is 2.17. The Labute approximate surface area is 108 Å². The van der Waals surface area contributed by atoms with Crippen molar-refractivity contribution in [2.75, 3.05) is 18.6 Å². The molecule has 0 aliphatic heterocycles. The van der Waals surface area contributed by atoms with E-state index in [1.165, 1.54) is 24.2 Å². The third kappa shape index (κ3) is 5.24. The normalized spacial score (nSPS) is 12.7. The quantitative estimate of drug-likeness (QED) is 0.737. The molecule has 0 aliphatic rings. The van der Waals surface area contributed by atoms with Gasteiger partial charge in [0.1, 0.15) is 0 Å². The molecule has 1 atom stereocenters. The lowest BCUT2D eigenvalue weighted by Gasteiger charge is -2.14. The Hall–Kier alpha value is -0.180. The maximum atomic E-state index is 5.96. The van der Waals surface area contributed by atoms with Gasteiger partial charge in [0.25, 0.3) is 0 Å². The van der Waals surface area contributed by atoms with E-state index >= 15 is 0 Å². The molecular weight excluding hydrogens is 238 g/mol. The third-order valence-corrected chi connectivity index (χ3v) is 3.51. The molecule has 0 heterocycles. The van der Waals surface area contributed by atoms with Crippen LogP contribution in [0.1, 0.15) is 31.4 Å². The summed E-state index contributed by atoms with van der Waals surface area (Å²) in [6.45, 7) is 3.26. The van der Waals surface area contributed by atoms with E-state index in [0.717, 1.165) is 11.6 Å². The van der Waals surface area contributed by atoms with Crippen molar-refractivity contribution in [3.8, 4) is 0 Å². The zero-order valence-corrected chi connectivity index (χ0v) is 11.6. The number of unbranched alkanes of at least 4 members (excludes halogenated alkanes) is 1. The van der Waals surface area contributed by atoms with Crippen LogP contribution < -0.4 is 5.32 Å². The molecule has 0 amide bonds. The number of halogens is 1. The fourth-order valence-electron chi connectivity index (χ4n) is 1.58. The van der Waals surface area contributed by atoms with Crippen LogP contribution in [-0.4, -0.2) is 18.6 Å². The minimum absolute atomic E-state index is 0.382. The van der Waals surface area contributed by atoms with E-state index in [0.29, 0.717) is 6.04 Å². The summed E-state index contributed by atoms with van der Waals surface area (Å²) in [7, 11) is 0. The van der Waals surface area contributed by atoms with Crippen molar-refractivity contribution in [3.63, 3.8) is 0 Å². The number of hydrogen-bond donors (Lipinski definition) is 1. The second-order valence-electron chi connectivity index (χ2n) is 3.93. The van der Waals surface area contributed by atoms with Crippen LogP contribution in [0.2, 0.25) is 5.02 Å². The Kier molecular flexibility index (Phi) is 6.93. The molecule has 0 saturated heterocycles. The van der Waals surface area contributed by atoms with Crippen LogP contribution in [0, 0.1) is 0 Å². The summed E-state index contributed by atoms with van der Waals surface area (Å²) < 4.78 is 0. The number of rotatable bonds is 7. The van der Waals surface area contributed by atoms with Crippen molar-refractivity contribution in [1.82, 2.24) is 5.32 Å². The van der Waals surface area contributed by atoms with Gasteiger partial charge in [-0.1, -0.05) is 23.7 Å². The van der Waals surface area contributed by atoms with Crippen molar-refractivity contribution < 1.29 is 0 Å². The number of hydrogen-bond acceptors (Lipinski definition) is 2. The summed E-state index contributed by atoms with van der Waals surface area (Å²) >= 11 is 7.87. The second-order valence-corrected chi connectivity index (χ2v) is 5.35. The van der Waals surface area contributed by atoms with Crippen LogP contribution in [0.4, 0.5) is 0 Å². The summed E-state index contributed by atoms with van der Waals surface area (Å²) in [6.07, 6.45) is 4.68. The zero-order valence-electron chi connectivity index (χ0n) is 10.0. The van der Waals surface area contributed by atoms with E-state index in [2.05, 4.69) is 24.6 Å². The highest BCUT2D eigenvalue weighted by atomic mass is 35.5. The lowest BCUT2D eigenvalue weighted by atomic mass is 10.1. The van der Waals surface area contributed by atoms with E-state index in [1.807, 2.05) is 30.0 Å². The van der Waals surface area contributed by atoms with Crippen molar-refractivity contribution in [2.24, 2.45) is 0 Å². The Morgan fingerprint density at radius 1 is 1.38 bits per heavy atom. The zero-order chi connectivity index (χ0) is 11.8. The summed E-state index contributed by atoms with van der Waals surface area (Å²) in [5.74, 6) is 1.26. The SMILES string of the molecule is CSCCCCN[C@@H](C)c1cccc(Cl)c1. The van der Waals surface area contributed by atoms with E-state index in [9.17, 15) is 0 Å². The minimum Gasteiger partial charge on any atom is -0.310 e. The first-order valence-corrected chi connectivity index (χ1v) is 7.49. The molecule has 0 spiro atoms. The average Bonchev–Trinajstić information content (AvgIpc) is 2.28. The second kappa shape index (κ2) is 7.99. The van der Waals surface area contributed by atoms with E-state index in [4.69, 9.17) is 11.6 Å². The molecule has 1 nitrogen and oxygen atoms in total.